The third-order valence-electron chi connectivity index (χ3n) is 6.18. The molecule has 4 rings (SSSR count). The molecule has 2 fully saturated rings. The Kier molecular flexibility index (Phi) is 7.56. The molecule has 1 unspecified atom stereocenters. The fraction of sp³-hybridized carbons (Fsp3) is 0.619. The summed E-state index contributed by atoms with van der Waals surface area (Å²) >= 11 is 0. The highest BCUT2D eigenvalue weighted by Crippen LogP contribution is 2.28. The van der Waals surface area contributed by atoms with Gasteiger partial charge in [0.2, 0.25) is 5.91 Å². The fourth-order valence-corrected chi connectivity index (χ4v) is 4.74. The lowest BCUT2D eigenvalue weighted by atomic mass is 10.2. The van der Waals surface area contributed by atoms with E-state index in [4.69, 9.17) is 0 Å². The van der Waals surface area contributed by atoms with Gasteiger partial charge in [-0.1, -0.05) is 31.0 Å². The van der Waals surface area contributed by atoms with Crippen LogP contribution in [0.15, 0.2) is 29.3 Å². The van der Waals surface area contributed by atoms with Crippen molar-refractivity contribution in [1.29, 1.82) is 0 Å². The average molecular weight is 497 g/mol. The van der Waals surface area contributed by atoms with Gasteiger partial charge in [-0.15, -0.1) is 24.0 Å². The van der Waals surface area contributed by atoms with Crippen molar-refractivity contribution in [3.63, 3.8) is 0 Å². The Labute approximate surface area is 185 Å². The maximum atomic E-state index is 12.3. The molecule has 1 aromatic rings. The zero-order valence-corrected chi connectivity index (χ0v) is 19.0. The van der Waals surface area contributed by atoms with Crippen LogP contribution in [-0.4, -0.2) is 62.1 Å². The van der Waals surface area contributed by atoms with Crippen LogP contribution >= 0.6 is 24.0 Å². The van der Waals surface area contributed by atoms with Crippen LogP contribution in [0.25, 0.3) is 0 Å². The van der Waals surface area contributed by atoms with Crippen LogP contribution in [0.4, 0.5) is 5.69 Å². The SMILES string of the molecule is CN=C(NCCN1C(=O)Cc2ccccc21)NC1CCN(C2CCCC2)C1.I. The summed E-state index contributed by atoms with van der Waals surface area (Å²) in [5.74, 6) is 1.03. The molecular formula is C21H32IN5O. The molecular weight excluding hydrogens is 465 g/mol. The molecule has 1 saturated carbocycles. The van der Waals surface area contributed by atoms with Gasteiger partial charge in [0.1, 0.15) is 0 Å². The van der Waals surface area contributed by atoms with Crippen LogP contribution in [-0.2, 0) is 11.2 Å². The van der Waals surface area contributed by atoms with E-state index in [0.29, 0.717) is 25.6 Å². The molecule has 3 aliphatic rings. The second kappa shape index (κ2) is 9.91. The second-order valence-electron chi connectivity index (χ2n) is 7.91. The smallest absolute Gasteiger partial charge is 0.231 e. The highest BCUT2D eigenvalue weighted by atomic mass is 127. The van der Waals surface area contributed by atoms with Gasteiger partial charge in [-0.3, -0.25) is 14.7 Å². The maximum Gasteiger partial charge on any atom is 0.231 e. The van der Waals surface area contributed by atoms with Crippen LogP contribution in [0.2, 0.25) is 0 Å². The summed E-state index contributed by atoms with van der Waals surface area (Å²) in [5.41, 5.74) is 2.18. The second-order valence-corrected chi connectivity index (χ2v) is 7.91. The van der Waals surface area contributed by atoms with Crippen molar-refractivity contribution in [3.05, 3.63) is 29.8 Å². The van der Waals surface area contributed by atoms with Gasteiger partial charge in [0.15, 0.2) is 5.96 Å². The van der Waals surface area contributed by atoms with Gasteiger partial charge in [-0.25, -0.2) is 0 Å². The molecule has 2 N–H and O–H groups in total. The molecule has 154 valence electrons. The first kappa shape index (κ1) is 21.4. The van der Waals surface area contributed by atoms with Gasteiger partial charge >= 0.3 is 0 Å². The van der Waals surface area contributed by atoms with Gasteiger partial charge in [0.05, 0.1) is 6.42 Å². The van der Waals surface area contributed by atoms with Crippen molar-refractivity contribution in [3.8, 4) is 0 Å². The number of likely N-dealkylation sites (tertiary alicyclic amines) is 1. The zero-order valence-electron chi connectivity index (χ0n) is 16.7. The highest BCUT2D eigenvalue weighted by molar-refractivity contribution is 14.0. The van der Waals surface area contributed by atoms with Crippen molar-refractivity contribution in [2.45, 2.75) is 50.6 Å². The average Bonchev–Trinajstić information content (AvgIpc) is 3.41. The predicted octanol–water partition coefficient (Wildman–Crippen LogP) is 2.38. The number of hydrogen-bond donors (Lipinski definition) is 2. The van der Waals surface area contributed by atoms with Gasteiger partial charge in [0, 0.05) is 51.0 Å². The minimum absolute atomic E-state index is 0. The first-order valence-corrected chi connectivity index (χ1v) is 10.3. The quantitative estimate of drug-likeness (QED) is 0.373. The third kappa shape index (κ3) is 4.79. The Balaban J connectivity index is 0.00000225. The number of carbonyl (C=O) groups excluding carboxylic acids is 1. The summed E-state index contributed by atoms with van der Waals surface area (Å²) in [7, 11) is 1.81. The zero-order chi connectivity index (χ0) is 18.6. The van der Waals surface area contributed by atoms with E-state index in [1.165, 1.54) is 38.6 Å². The molecule has 1 aromatic carbocycles. The van der Waals surface area contributed by atoms with Crippen LogP contribution in [0, 0.1) is 0 Å². The van der Waals surface area contributed by atoms with E-state index in [9.17, 15) is 4.79 Å². The van der Waals surface area contributed by atoms with Crippen molar-refractivity contribution in [2.75, 3.05) is 38.1 Å². The highest BCUT2D eigenvalue weighted by Gasteiger charge is 2.30. The van der Waals surface area contributed by atoms with Gasteiger partial charge in [-0.05, 0) is 30.9 Å². The van der Waals surface area contributed by atoms with E-state index in [2.05, 4.69) is 20.5 Å². The molecule has 0 spiro atoms. The number of amides is 1. The third-order valence-corrected chi connectivity index (χ3v) is 6.18. The fourth-order valence-electron chi connectivity index (χ4n) is 4.74. The first-order valence-electron chi connectivity index (χ1n) is 10.3. The van der Waals surface area contributed by atoms with Crippen LogP contribution in [0.5, 0.6) is 0 Å². The Bertz CT molecular complexity index is 704. The lowest BCUT2D eigenvalue weighted by Crippen LogP contribution is -2.47. The van der Waals surface area contributed by atoms with Crippen molar-refractivity contribution >= 4 is 41.5 Å². The topological polar surface area (TPSA) is 60.0 Å². The summed E-state index contributed by atoms with van der Waals surface area (Å²) < 4.78 is 0. The Morgan fingerprint density at radius 3 is 2.79 bits per heavy atom. The predicted molar refractivity (Wildman–Crippen MR) is 125 cm³/mol. The number of benzene rings is 1. The van der Waals surface area contributed by atoms with E-state index < -0.39 is 0 Å². The van der Waals surface area contributed by atoms with Crippen molar-refractivity contribution < 1.29 is 4.79 Å². The molecule has 2 aliphatic heterocycles. The van der Waals surface area contributed by atoms with Gasteiger partial charge in [-0.2, -0.15) is 0 Å². The Hall–Kier alpha value is -1.35. The number of halogens is 1. The summed E-state index contributed by atoms with van der Waals surface area (Å²) in [4.78, 5) is 21.2. The lowest BCUT2D eigenvalue weighted by molar-refractivity contribution is -0.117. The monoisotopic (exact) mass is 497 g/mol. The molecule has 28 heavy (non-hydrogen) atoms. The number of nitrogens with zero attached hydrogens (tertiary/aromatic N) is 3. The van der Waals surface area contributed by atoms with Crippen LogP contribution in [0.3, 0.4) is 0 Å². The molecule has 1 saturated heterocycles. The number of para-hydroxylation sites is 1. The molecule has 1 atom stereocenters. The molecule has 6 nitrogen and oxygen atoms in total. The Morgan fingerprint density at radius 2 is 2.00 bits per heavy atom. The summed E-state index contributed by atoms with van der Waals surface area (Å²) in [5, 5.41) is 6.95. The van der Waals surface area contributed by atoms with Crippen LogP contribution in [0.1, 0.15) is 37.7 Å². The molecule has 7 heteroatoms. The van der Waals surface area contributed by atoms with Crippen molar-refractivity contribution in [1.82, 2.24) is 15.5 Å². The number of guanidine groups is 1. The number of carbonyl (C=O) groups is 1. The van der Waals surface area contributed by atoms with E-state index in [1.807, 2.05) is 36.2 Å². The normalized spacial score (nSPS) is 23.0. The lowest BCUT2D eigenvalue weighted by Gasteiger charge is -2.24. The molecule has 0 radical (unpaired) electrons. The minimum Gasteiger partial charge on any atom is -0.355 e. The molecule has 2 heterocycles. The summed E-state index contributed by atoms with van der Waals surface area (Å²) in [6, 6.07) is 9.32. The number of nitrogens with one attached hydrogen (secondary N) is 2. The Morgan fingerprint density at radius 1 is 1.21 bits per heavy atom. The summed E-state index contributed by atoms with van der Waals surface area (Å²) in [6.45, 7) is 3.66. The van der Waals surface area contributed by atoms with Gasteiger partial charge in [0.25, 0.3) is 0 Å². The first-order chi connectivity index (χ1) is 13.2. The van der Waals surface area contributed by atoms with E-state index >= 15 is 0 Å². The van der Waals surface area contributed by atoms with Gasteiger partial charge < -0.3 is 15.5 Å². The maximum absolute atomic E-state index is 12.3. The number of hydrogen-bond acceptors (Lipinski definition) is 3. The van der Waals surface area contributed by atoms with Crippen LogP contribution < -0.4 is 15.5 Å². The number of aliphatic imine (C=N–C) groups is 1. The molecule has 0 bridgehead atoms. The van der Waals surface area contributed by atoms with E-state index in [-0.39, 0.29) is 29.9 Å². The molecule has 1 amide bonds. The molecule has 0 aromatic heterocycles. The van der Waals surface area contributed by atoms with E-state index in [1.54, 1.807) is 0 Å². The summed E-state index contributed by atoms with van der Waals surface area (Å²) in [6.07, 6.45) is 7.20. The number of fused-ring (bicyclic) bond motifs is 1. The largest absolute Gasteiger partial charge is 0.355 e. The molecule has 1 aliphatic carbocycles. The van der Waals surface area contributed by atoms with E-state index in [0.717, 1.165) is 29.8 Å². The number of rotatable bonds is 5. The van der Waals surface area contributed by atoms with Crippen molar-refractivity contribution in [2.24, 2.45) is 4.99 Å². The standard InChI is InChI=1S/C21H31N5O.HI/c1-22-21(24-17-10-12-25(15-17)18-7-3-4-8-18)23-11-13-26-19-9-5-2-6-16(19)14-20(26)27;/h2,5-6,9,17-18H,3-4,7-8,10-15H2,1H3,(H2,22,23,24);1H. The number of anilines is 1. The minimum atomic E-state index is 0.